The summed E-state index contributed by atoms with van der Waals surface area (Å²) in [5.41, 5.74) is 2.62. The number of amides is 1. The molecule has 2 N–H and O–H groups in total. The molecule has 0 radical (unpaired) electrons. The Bertz CT molecular complexity index is 1650. The molecule has 1 amide bonds. The summed E-state index contributed by atoms with van der Waals surface area (Å²) in [5, 5.41) is 13.3. The number of phenolic OH excluding ortho intramolecular Hbond substituents is 1. The summed E-state index contributed by atoms with van der Waals surface area (Å²) >= 11 is 1.42. The molecule has 1 aliphatic heterocycles. The molecule has 0 spiro atoms. The van der Waals surface area contributed by atoms with E-state index in [9.17, 15) is 14.7 Å². The number of pyridine rings is 2. The van der Waals surface area contributed by atoms with Crippen LogP contribution in [0.4, 0.5) is 0 Å². The summed E-state index contributed by atoms with van der Waals surface area (Å²) in [7, 11) is 0. The van der Waals surface area contributed by atoms with Crippen molar-refractivity contribution in [1.82, 2.24) is 19.6 Å². The molecular weight excluding hydrogens is 460 g/mol. The first-order chi connectivity index (χ1) is 17.1. The molecule has 1 fully saturated rings. The SMILES string of the molecule is O=C(NCCN1CCCC1)c1c(=O)c2ccc(-c3cccc(O)c3)nc2n2c1sc1ccccc12. The van der Waals surface area contributed by atoms with E-state index >= 15 is 0 Å². The van der Waals surface area contributed by atoms with Gasteiger partial charge in [0, 0.05) is 18.7 Å². The first kappa shape index (κ1) is 21.8. The summed E-state index contributed by atoms with van der Waals surface area (Å²) < 4.78 is 2.88. The highest BCUT2D eigenvalue weighted by Gasteiger charge is 2.23. The number of phenols is 1. The smallest absolute Gasteiger partial charge is 0.258 e. The zero-order valence-corrected chi connectivity index (χ0v) is 19.8. The highest BCUT2D eigenvalue weighted by molar-refractivity contribution is 7.24. The van der Waals surface area contributed by atoms with Crippen molar-refractivity contribution in [2.24, 2.45) is 0 Å². The second-order valence-corrected chi connectivity index (χ2v) is 9.87. The maximum Gasteiger partial charge on any atom is 0.258 e. The fourth-order valence-corrected chi connectivity index (χ4v) is 6.02. The van der Waals surface area contributed by atoms with Crippen LogP contribution in [0.15, 0.2) is 65.5 Å². The Labute approximate surface area is 205 Å². The largest absolute Gasteiger partial charge is 0.508 e. The quantitative estimate of drug-likeness (QED) is 0.389. The third-order valence-corrected chi connectivity index (χ3v) is 7.71. The molecule has 176 valence electrons. The monoisotopic (exact) mass is 484 g/mol. The topological polar surface area (TPSA) is 86.9 Å². The number of hydrogen-bond donors (Lipinski definition) is 2. The van der Waals surface area contributed by atoms with Gasteiger partial charge < -0.3 is 15.3 Å². The van der Waals surface area contributed by atoms with E-state index in [2.05, 4.69) is 10.2 Å². The molecule has 8 heteroatoms. The lowest BCUT2D eigenvalue weighted by Crippen LogP contribution is -2.35. The number of nitrogens with one attached hydrogen (secondary N) is 1. The number of aromatic hydroxyl groups is 1. The van der Waals surface area contributed by atoms with Gasteiger partial charge in [-0.2, -0.15) is 0 Å². The molecule has 7 nitrogen and oxygen atoms in total. The minimum atomic E-state index is -0.350. The lowest BCUT2D eigenvalue weighted by Gasteiger charge is -2.15. The summed E-state index contributed by atoms with van der Waals surface area (Å²) in [6.45, 7) is 3.40. The van der Waals surface area contributed by atoms with Crippen LogP contribution in [0, 0.1) is 0 Å². The Hall–Kier alpha value is -3.75. The van der Waals surface area contributed by atoms with Crippen LogP contribution in [0.2, 0.25) is 0 Å². The molecule has 0 bridgehead atoms. The van der Waals surface area contributed by atoms with Crippen LogP contribution >= 0.6 is 11.3 Å². The highest BCUT2D eigenvalue weighted by Crippen LogP contribution is 2.32. The summed E-state index contributed by atoms with van der Waals surface area (Å²) in [4.78, 5) is 34.7. The van der Waals surface area contributed by atoms with E-state index in [-0.39, 0.29) is 22.6 Å². The van der Waals surface area contributed by atoms with Crippen LogP contribution < -0.4 is 10.7 Å². The van der Waals surface area contributed by atoms with Gasteiger partial charge in [-0.05, 0) is 62.3 Å². The number of benzene rings is 2. The van der Waals surface area contributed by atoms with Crippen LogP contribution in [-0.2, 0) is 0 Å². The molecule has 35 heavy (non-hydrogen) atoms. The van der Waals surface area contributed by atoms with Crippen LogP contribution in [0.3, 0.4) is 0 Å². The van der Waals surface area contributed by atoms with E-state index in [4.69, 9.17) is 4.98 Å². The van der Waals surface area contributed by atoms with E-state index in [0.717, 1.165) is 35.4 Å². The van der Waals surface area contributed by atoms with Crippen molar-refractivity contribution < 1.29 is 9.90 Å². The van der Waals surface area contributed by atoms with Gasteiger partial charge in [-0.15, -0.1) is 11.3 Å². The fourth-order valence-electron chi connectivity index (χ4n) is 4.84. The average molecular weight is 485 g/mol. The normalized spacial score (nSPS) is 14.3. The molecule has 0 aliphatic carbocycles. The second-order valence-electron chi connectivity index (χ2n) is 8.84. The Morgan fingerprint density at radius 1 is 1.06 bits per heavy atom. The number of likely N-dealkylation sites (tertiary alicyclic amines) is 1. The molecule has 0 unspecified atom stereocenters. The Balaban J connectivity index is 1.52. The van der Waals surface area contributed by atoms with E-state index < -0.39 is 0 Å². The average Bonchev–Trinajstić information content (AvgIpc) is 3.52. The number of para-hydroxylation sites is 1. The number of thiazole rings is 1. The van der Waals surface area contributed by atoms with Crippen molar-refractivity contribution in [2.75, 3.05) is 26.2 Å². The van der Waals surface area contributed by atoms with Gasteiger partial charge in [0.2, 0.25) is 5.43 Å². The van der Waals surface area contributed by atoms with Crippen molar-refractivity contribution in [2.45, 2.75) is 12.8 Å². The standard InChI is InChI=1S/C27H24N4O3S/c32-18-7-5-6-17(16-18)20-11-10-19-24(33)23(26(34)28-12-15-30-13-3-4-14-30)27-31(25(19)29-20)21-8-1-2-9-22(21)35-27/h1-2,5-11,16,32H,3-4,12-15H2,(H,28,34). The van der Waals surface area contributed by atoms with Gasteiger partial charge in [0.15, 0.2) is 0 Å². The molecule has 0 saturated carbocycles. The van der Waals surface area contributed by atoms with Gasteiger partial charge in [-0.1, -0.05) is 24.3 Å². The lowest BCUT2D eigenvalue weighted by molar-refractivity contribution is 0.0950. The van der Waals surface area contributed by atoms with Crippen molar-refractivity contribution in [1.29, 1.82) is 0 Å². The number of nitrogens with zero attached hydrogens (tertiary/aromatic N) is 3. The third kappa shape index (κ3) is 3.84. The van der Waals surface area contributed by atoms with Crippen LogP contribution in [-0.4, -0.2) is 51.5 Å². The number of rotatable bonds is 5. The van der Waals surface area contributed by atoms with Crippen LogP contribution in [0.1, 0.15) is 23.2 Å². The number of carbonyl (C=O) groups is 1. The summed E-state index contributed by atoms with van der Waals surface area (Å²) in [6, 6.07) is 18.2. The maximum atomic E-state index is 13.6. The summed E-state index contributed by atoms with van der Waals surface area (Å²) in [5.74, 6) is -0.203. The van der Waals surface area contributed by atoms with E-state index in [1.165, 1.54) is 24.2 Å². The zero-order valence-electron chi connectivity index (χ0n) is 19.0. The first-order valence-electron chi connectivity index (χ1n) is 11.8. The van der Waals surface area contributed by atoms with Crippen LogP contribution in [0.5, 0.6) is 5.75 Å². The van der Waals surface area contributed by atoms with Gasteiger partial charge in [-0.25, -0.2) is 4.98 Å². The van der Waals surface area contributed by atoms with Gasteiger partial charge in [-0.3, -0.25) is 14.0 Å². The predicted octanol–water partition coefficient (Wildman–Crippen LogP) is 4.26. The molecule has 6 rings (SSSR count). The summed E-state index contributed by atoms with van der Waals surface area (Å²) in [6.07, 6.45) is 2.39. The Kier molecular flexibility index (Phi) is 5.47. The molecule has 1 saturated heterocycles. The van der Waals surface area contributed by atoms with Gasteiger partial charge in [0.25, 0.3) is 5.91 Å². The molecule has 5 aromatic rings. The fraction of sp³-hybridized carbons (Fsp3) is 0.222. The number of carbonyl (C=O) groups excluding carboxylic acids is 1. The Morgan fingerprint density at radius 2 is 1.89 bits per heavy atom. The van der Waals surface area contributed by atoms with E-state index in [1.807, 2.05) is 34.7 Å². The second kappa shape index (κ2) is 8.79. The van der Waals surface area contributed by atoms with Crippen molar-refractivity contribution >= 4 is 43.3 Å². The van der Waals surface area contributed by atoms with E-state index in [1.54, 1.807) is 30.3 Å². The molecule has 0 atom stereocenters. The number of aromatic nitrogens is 2. The first-order valence-corrected chi connectivity index (χ1v) is 12.6. The van der Waals surface area contributed by atoms with Crippen LogP contribution in [0.25, 0.3) is 37.3 Å². The van der Waals surface area contributed by atoms with Crippen molar-refractivity contribution in [3.05, 3.63) is 76.5 Å². The molecule has 4 heterocycles. The van der Waals surface area contributed by atoms with Crippen molar-refractivity contribution in [3.8, 4) is 17.0 Å². The Morgan fingerprint density at radius 3 is 2.71 bits per heavy atom. The van der Waals surface area contributed by atoms with Gasteiger partial charge in [0.05, 0.1) is 21.3 Å². The highest BCUT2D eigenvalue weighted by atomic mass is 32.1. The van der Waals surface area contributed by atoms with Gasteiger partial charge in [0.1, 0.15) is 21.8 Å². The van der Waals surface area contributed by atoms with E-state index in [0.29, 0.717) is 28.1 Å². The molecular formula is C27H24N4O3S. The number of hydrogen-bond acceptors (Lipinski definition) is 6. The third-order valence-electron chi connectivity index (χ3n) is 6.57. The van der Waals surface area contributed by atoms with Crippen molar-refractivity contribution in [3.63, 3.8) is 0 Å². The minimum Gasteiger partial charge on any atom is -0.508 e. The predicted molar refractivity (Wildman–Crippen MR) is 139 cm³/mol. The lowest BCUT2D eigenvalue weighted by atomic mass is 10.1. The molecule has 2 aromatic carbocycles. The number of fused-ring (bicyclic) bond motifs is 5. The minimum absolute atomic E-state index is 0.147. The van der Waals surface area contributed by atoms with Gasteiger partial charge >= 0.3 is 0 Å². The maximum absolute atomic E-state index is 13.6. The zero-order chi connectivity index (χ0) is 23.9. The molecule has 3 aromatic heterocycles. The molecule has 1 aliphatic rings.